The van der Waals surface area contributed by atoms with E-state index in [1.165, 1.54) is 23.1 Å². The van der Waals surface area contributed by atoms with Gasteiger partial charge in [-0.05, 0) is 17.9 Å². The van der Waals surface area contributed by atoms with Gasteiger partial charge in [0.2, 0.25) is 5.91 Å². The Labute approximate surface area is 118 Å². The summed E-state index contributed by atoms with van der Waals surface area (Å²) in [6.45, 7) is 1.98. The molecule has 0 aliphatic heterocycles. The first kappa shape index (κ1) is 13.7. The molecule has 2 aromatic rings. The van der Waals surface area contributed by atoms with Crippen LogP contribution in [0.3, 0.4) is 0 Å². The number of carbonyl (C=O) groups is 2. The molecular weight excluding hydrogens is 282 g/mol. The van der Waals surface area contributed by atoms with E-state index in [0.29, 0.717) is 17.4 Å². The molecule has 0 saturated carbocycles. The van der Waals surface area contributed by atoms with E-state index >= 15 is 0 Å². The second-order valence-electron chi connectivity index (χ2n) is 3.80. The topological polar surface area (TPSA) is 71.1 Å². The number of hydrogen-bond donors (Lipinski definition) is 2. The molecule has 0 aliphatic carbocycles. The van der Waals surface area contributed by atoms with Crippen molar-refractivity contribution in [1.82, 2.24) is 10.3 Å². The Morgan fingerprint density at radius 3 is 2.89 bits per heavy atom. The first-order valence-corrected chi connectivity index (χ1v) is 7.45. The van der Waals surface area contributed by atoms with E-state index in [4.69, 9.17) is 0 Å². The predicted octanol–water partition coefficient (Wildman–Crippen LogP) is 2.14. The maximum absolute atomic E-state index is 11.8. The molecule has 2 rings (SSSR count). The minimum Gasteiger partial charge on any atom is -0.350 e. The van der Waals surface area contributed by atoms with Crippen LogP contribution in [-0.4, -0.2) is 23.3 Å². The molecule has 0 saturated heterocycles. The summed E-state index contributed by atoms with van der Waals surface area (Å²) in [4.78, 5) is 27.9. The Bertz CT molecular complexity index is 563. The van der Waals surface area contributed by atoms with E-state index < -0.39 is 0 Å². The Balaban J connectivity index is 1.82. The van der Waals surface area contributed by atoms with Crippen molar-refractivity contribution in [2.24, 2.45) is 0 Å². The number of amides is 2. The fourth-order valence-corrected chi connectivity index (χ4v) is 2.88. The molecule has 2 heterocycles. The normalized spacial score (nSPS) is 10.2. The summed E-state index contributed by atoms with van der Waals surface area (Å²) in [5, 5.41) is 9.43. The van der Waals surface area contributed by atoms with Gasteiger partial charge in [0.1, 0.15) is 5.69 Å². The molecule has 0 spiro atoms. The monoisotopic (exact) mass is 295 g/mol. The lowest BCUT2D eigenvalue weighted by molar-refractivity contribution is -0.114. The van der Waals surface area contributed by atoms with Gasteiger partial charge in [0.15, 0.2) is 5.13 Å². The molecule has 5 nitrogen and oxygen atoms in total. The van der Waals surface area contributed by atoms with Crippen LogP contribution >= 0.6 is 22.7 Å². The van der Waals surface area contributed by atoms with Crippen LogP contribution in [0.2, 0.25) is 0 Å². The molecule has 0 aliphatic rings. The highest BCUT2D eigenvalue weighted by atomic mass is 32.1. The van der Waals surface area contributed by atoms with Crippen LogP contribution in [0, 0.1) is 0 Å². The fraction of sp³-hybridized carbons (Fsp3) is 0.250. The van der Waals surface area contributed by atoms with Gasteiger partial charge in [-0.25, -0.2) is 4.98 Å². The van der Waals surface area contributed by atoms with Crippen molar-refractivity contribution in [2.45, 2.75) is 13.3 Å². The standard InChI is InChI=1S/C12H13N3O2S2/c1-8(16)14-12-15-10(7-19-12)11(17)13-5-4-9-3-2-6-18-9/h2-3,6-7H,4-5H2,1H3,(H,13,17)(H,14,15,16). The summed E-state index contributed by atoms with van der Waals surface area (Å²) in [7, 11) is 0. The van der Waals surface area contributed by atoms with Gasteiger partial charge in [0, 0.05) is 23.7 Å². The van der Waals surface area contributed by atoms with Crippen molar-refractivity contribution in [1.29, 1.82) is 0 Å². The zero-order valence-electron chi connectivity index (χ0n) is 10.3. The number of thiazole rings is 1. The molecule has 19 heavy (non-hydrogen) atoms. The van der Waals surface area contributed by atoms with Gasteiger partial charge in [0.25, 0.3) is 5.91 Å². The van der Waals surface area contributed by atoms with Crippen molar-refractivity contribution < 1.29 is 9.59 Å². The smallest absolute Gasteiger partial charge is 0.270 e. The molecule has 7 heteroatoms. The largest absolute Gasteiger partial charge is 0.350 e. The summed E-state index contributed by atoms with van der Waals surface area (Å²) in [5.74, 6) is -0.414. The molecule has 100 valence electrons. The number of thiophene rings is 1. The van der Waals surface area contributed by atoms with Crippen LogP contribution in [0.4, 0.5) is 5.13 Å². The average molecular weight is 295 g/mol. The van der Waals surface area contributed by atoms with Gasteiger partial charge in [-0.3, -0.25) is 9.59 Å². The molecule has 0 bridgehead atoms. The van der Waals surface area contributed by atoms with E-state index in [-0.39, 0.29) is 11.8 Å². The van der Waals surface area contributed by atoms with Gasteiger partial charge in [0.05, 0.1) is 0 Å². The second-order valence-corrected chi connectivity index (χ2v) is 5.69. The van der Waals surface area contributed by atoms with Crippen LogP contribution in [0.15, 0.2) is 22.9 Å². The number of nitrogens with one attached hydrogen (secondary N) is 2. The Morgan fingerprint density at radius 2 is 2.21 bits per heavy atom. The van der Waals surface area contributed by atoms with Crippen molar-refractivity contribution in [2.75, 3.05) is 11.9 Å². The van der Waals surface area contributed by atoms with Crippen LogP contribution in [0.25, 0.3) is 0 Å². The summed E-state index contributed by atoms with van der Waals surface area (Å²) >= 11 is 2.90. The SMILES string of the molecule is CC(=O)Nc1nc(C(=O)NCCc2cccs2)cs1. The van der Waals surface area contributed by atoms with E-state index in [2.05, 4.69) is 15.6 Å². The van der Waals surface area contributed by atoms with Gasteiger partial charge < -0.3 is 10.6 Å². The predicted molar refractivity (Wildman–Crippen MR) is 76.8 cm³/mol. The Morgan fingerprint density at radius 1 is 1.37 bits per heavy atom. The highest BCUT2D eigenvalue weighted by Gasteiger charge is 2.10. The summed E-state index contributed by atoms with van der Waals surface area (Å²) in [6, 6.07) is 4.02. The van der Waals surface area contributed by atoms with E-state index in [1.54, 1.807) is 16.7 Å². The lowest BCUT2D eigenvalue weighted by atomic mass is 10.3. The molecule has 0 unspecified atom stereocenters. The number of carbonyl (C=O) groups excluding carboxylic acids is 2. The first-order valence-electron chi connectivity index (χ1n) is 5.69. The fourth-order valence-electron chi connectivity index (χ4n) is 1.43. The van der Waals surface area contributed by atoms with Crippen molar-refractivity contribution >= 4 is 39.6 Å². The molecule has 2 aromatic heterocycles. The van der Waals surface area contributed by atoms with Crippen LogP contribution in [0.5, 0.6) is 0 Å². The number of nitrogens with zero attached hydrogens (tertiary/aromatic N) is 1. The van der Waals surface area contributed by atoms with Crippen LogP contribution in [0.1, 0.15) is 22.3 Å². The second kappa shape index (κ2) is 6.44. The zero-order chi connectivity index (χ0) is 13.7. The van der Waals surface area contributed by atoms with E-state index in [9.17, 15) is 9.59 Å². The highest BCUT2D eigenvalue weighted by Crippen LogP contribution is 2.15. The minimum atomic E-state index is -0.218. The Hall–Kier alpha value is -1.73. The third-order valence-corrected chi connectivity index (χ3v) is 3.95. The molecule has 0 atom stereocenters. The lowest BCUT2D eigenvalue weighted by Crippen LogP contribution is -2.25. The first-order chi connectivity index (χ1) is 9.15. The summed E-state index contributed by atoms with van der Waals surface area (Å²) in [6.07, 6.45) is 0.812. The third-order valence-electron chi connectivity index (χ3n) is 2.26. The number of rotatable bonds is 5. The molecular formula is C12H13N3O2S2. The summed E-state index contributed by atoms with van der Waals surface area (Å²) < 4.78 is 0. The lowest BCUT2D eigenvalue weighted by Gasteiger charge is -2.01. The van der Waals surface area contributed by atoms with Gasteiger partial charge in [-0.15, -0.1) is 22.7 Å². The zero-order valence-corrected chi connectivity index (χ0v) is 11.9. The maximum Gasteiger partial charge on any atom is 0.270 e. The minimum absolute atomic E-state index is 0.195. The summed E-state index contributed by atoms with van der Waals surface area (Å²) in [5.41, 5.74) is 0.333. The van der Waals surface area contributed by atoms with Crippen molar-refractivity contribution in [3.63, 3.8) is 0 Å². The number of anilines is 1. The maximum atomic E-state index is 11.8. The molecule has 2 amide bonds. The van der Waals surface area contributed by atoms with Gasteiger partial charge in [-0.1, -0.05) is 6.07 Å². The van der Waals surface area contributed by atoms with Gasteiger partial charge >= 0.3 is 0 Å². The van der Waals surface area contributed by atoms with Crippen molar-refractivity contribution in [3.8, 4) is 0 Å². The molecule has 0 fully saturated rings. The average Bonchev–Trinajstić information content (AvgIpc) is 2.99. The van der Waals surface area contributed by atoms with E-state index in [1.807, 2.05) is 17.5 Å². The molecule has 0 radical (unpaired) electrons. The van der Waals surface area contributed by atoms with Crippen LogP contribution < -0.4 is 10.6 Å². The van der Waals surface area contributed by atoms with Crippen molar-refractivity contribution in [3.05, 3.63) is 33.5 Å². The highest BCUT2D eigenvalue weighted by molar-refractivity contribution is 7.14. The quantitative estimate of drug-likeness (QED) is 0.887. The molecule has 0 aromatic carbocycles. The Kier molecular flexibility index (Phi) is 4.64. The number of aromatic nitrogens is 1. The molecule has 2 N–H and O–H groups in total. The third kappa shape index (κ3) is 4.15. The van der Waals surface area contributed by atoms with E-state index in [0.717, 1.165) is 6.42 Å². The van der Waals surface area contributed by atoms with Crippen LogP contribution in [-0.2, 0) is 11.2 Å². The van der Waals surface area contributed by atoms with Gasteiger partial charge in [-0.2, -0.15) is 0 Å². The number of hydrogen-bond acceptors (Lipinski definition) is 5.